The molecule has 27 heavy (non-hydrogen) atoms. The van der Waals surface area contributed by atoms with Gasteiger partial charge in [-0.05, 0) is 31.4 Å². The molecule has 8 nitrogen and oxygen atoms in total. The van der Waals surface area contributed by atoms with Gasteiger partial charge in [0.2, 0.25) is 0 Å². The lowest BCUT2D eigenvalue weighted by Crippen LogP contribution is -2.18. The molecular formula is C19H27NO7. The summed E-state index contributed by atoms with van der Waals surface area (Å²) >= 11 is 0. The van der Waals surface area contributed by atoms with Crippen molar-refractivity contribution in [3.8, 4) is 5.75 Å². The van der Waals surface area contributed by atoms with Gasteiger partial charge < -0.3 is 18.9 Å². The maximum Gasteiger partial charge on any atom is 0.513 e. The number of amides is 1. The van der Waals surface area contributed by atoms with Crippen LogP contribution >= 0.6 is 0 Å². The lowest BCUT2D eigenvalue weighted by molar-refractivity contribution is 0.0501. The van der Waals surface area contributed by atoms with Crippen LogP contribution in [0, 0.1) is 0 Å². The topological polar surface area (TPSA) is 100 Å². The van der Waals surface area contributed by atoms with Crippen molar-refractivity contribution in [3.05, 3.63) is 23.8 Å². The monoisotopic (exact) mass is 381 g/mol. The highest BCUT2D eigenvalue weighted by molar-refractivity contribution is 6.00. The van der Waals surface area contributed by atoms with Gasteiger partial charge >= 0.3 is 18.2 Å². The second-order valence-corrected chi connectivity index (χ2v) is 5.66. The largest absolute Gasteiger partial charge is 0.513 e. The van der Waals surface area contributed by atoms with Gasteiger partial charge in [0.1, 0.15) is 5.75 Å². The Balaban J connectivity index is 2.94. The lowest BCUT2D eigenvalue weighted by Gasteiger charge is -2.13. The van der Waals surface area contributed by atoms with Crippen LogP contribution < -0.4 is 10.1 Å². The summed E-state index contributed by atoms with van der Waals surface area (Å²) in [5.41, 5.74) is 0.257. The number of hydrogen-bond donors (Lipinski definition) is 1. The van der Waals surface area contributed by atoms with Crippen molar-refractivity contribution < 1.29 is 33.3 Å². The summed E-state index contributed by atoms with van der Waals surface area (Å²) in [5.74, 6) is -0.471. The predicted molar refractivity (Wildman–Crippen MR) is 99.2 cm³/mol. The molecule has 0 unspecified atom stereocenters. The summed E-state index contributed by atoms with van der Waals surface area (Å²) in [6.07, 6.45) is 1.35. The van der Waals surface area contributed by atoms with E-state index in [1.54, 1.807) is 0 Å². The normalized spacial score (nSPS) is 10.0. The maximum absolute atomic E-state index is 12.3. The number of esters is 1. The molecule has 0 aliphatic heterocycles. The fourth-order valence-electron chi connectivity index (χ4n) is 1.91. The van der Waals surface area contributed by atoms with Crippen LogP contribution in [0.4, 0.5) is 15.3 Å². The fraction of sp³-hybridized carbons (Fsp3) is 0.526. The standard InChI is InChI=1S/C19H27NO7/c1-4-7-12-24-17(21)15-9-8-14(27-19(23)26-11-6-3)13-16(15)20-18(22)25-10-5-2/h8-9,13H,4-7,10-12H2,1-3H3,(H,20,22). The number of carbonyl (C=O) groups excluding carboxylic acids is 3. The van der Waals surface area contributed by atoms with Gasteiger partial charge in [0.25, 0.3) is 0 Å². The molecule has 150 valence electrons. The second-order valence-electron chi connectivity index (χ2n) is 5.66. The van der Waals surface area contributed by atoms with Crippen molar-refractivity contribution >= 4 is 23.9 Å². The van der Waals surface area contributed by atoms with E-state index in [0.29, 0.717) is 12.8 Å². The van der Waals surface area contributed by atoms with E-state index < -0.39 is 18.2 Å². The zero-order valence-electron chi connectivity index (χ0n) is 16.0. The molecule has 0 aliphatic carbocycles. The van der Waals surface area contributed by atoms with Crippen LogP contribution in [0.15, 0.2) is 18.2 Å². The molecule has 0 saturated carbocycles. The molecule has 0 bridgehead atoms. The molecule has 0 atom stereocenters. The average molecular weight is 381 g/mol. The molecule has 1 amide bonds. The van der Waals surface area contributed by atoms with Gasteiger partial charge in [-0.15, -0.1) is 0 Å². The molecule has 0 radical (unpaired) electrons. The summed E-state index contributed by atoms with van der Waals surface area (Å²) in [7, 11) is 0. The molecule has 0 fully saturated rings. The lowest BCUT2D eigenvalue weighted by atomic mass is 10.1. The first-order valence-corrected chi connectivity index (χ1v) is 9.11. The summed E-state index contributed by atoms with van der Waals surface area (Å²) in [6, 6.07) is 4.18. The molecule has 0 aliphatic rings. The van der Waals surface area contributed by atoms with E-state index in [2.05, 4.69) is 5.32 Å². The Morgan fingerprint density at radius 3 is 2.26 bits per heavy atom. The van der Waals surface area contributed by atoms with Crippen molar-refractivity contribution in [1.29, 1.82) is 0 Å². The third-order valence-corrected chi connectivity index (χ3v) is 3.24. The van der Waals surface area contributed by atoms with Crippen molar-refractivity contribution in [2.75, 3.05) is 25.1 Å². The molecule has 0 spiro atoms. The van der Waals surface area contributed by atoms with Crippen molar-refractivity contribution in [2.45, 2.75) is 46.5 Å². The summed E-state index contributed by atoms with van der Waals surface area (Å²) in [6.45, 7) is 6.44. The number of benzene rings is 1. The second kappa shape index (κ2) is 12.6. The van der Waals surface area contributed by atoms with E-state index in [9.17, 15) is 14.4 Å². The minimum absolute atomic E-state index is 0.118. The Labute approximate surface area is 159 Å². The van der Waals surface area contributed by atoms with E-state index in [-0.39, 0.29) is 36.8 Å². The highest BCUT2D eigenvalue weighted by Gasteiger charge is 2.18. The zero-order valence-corrected chi connectivity index (χ0v) is 16.0. The molecule has 0 aromatic heterocycles. The highest BCUT2D eigenvalue weighted by atomic mass is 16.7. The zero-order chi connectivity index (χ0) is 20.1. The molecule has 1 rings (SSSR count). The van der Waals surface area contributed by atoms with Crippen LogP contribution in [0.1, 0.15) is 56.8 Å². The SMILES string of the molecule is CCCCOC(=O)c1ccc(OC(=O)OCCC)cc1NC(=O)OCCC. The van der Waals surface area contributed by atoms with E-state index in [1.807, 2.05) is 20.8 Å². The van der Waals surface area contributed by atoms with Crippen LogP contribution in [0.3, 0.4) is 0 Å². The molecule has 0 heterocycles. The molecule has 1 aromatic carbocycles. The third-order valence-electron chi connectivity index (χ3n) is 3.24. The third kappa shape index (κ3) is 8.44. The Bertz CT molecular complexity index is 630. The maximum atomic E-state index is 12.3. The van der Waals surface area contributed by atoms with Gasteiger partial charge in [-0.2, -0.15) is 0 Å². The molecule has 1 aromatic rings. The predicted octanol–water partition coefficient (Wildman–Crippen LogP) is 4.53. The Morgan fingerprint density at radius 1 is 0.889 bits per heavy atom. The summed E-state index contributed by atoms with van der Waals surface area (Å²) in [5, 5.41) is 2.48. The molecular weight excluding hydrogens is 354 g/mol. The number of anilines is 1. The van der Waals surface area contributed by atoms with Crippen molar-refractivity contribution in [3.63, 3.8) is 0 Å². The van der Waals surface area contributed by atoms with Crippen LogP contribution in [-0.4, -0.2) is 38.0 Å². The van der Waals surface area contributed by atoms with Crippen LogP contribution in [0.25, 0.3) is 0 Å². The Morgan fingerprint density at radius 2 is 1.59 bits per heavy atom. The first kappa shape index (κ1) is 22.3. The Hall–Kier alpha value is -2.77. The quantitative estimate of drug-likeness (QED) is 0.275. The number of unbranched alkanes of at least 4 members (excludes halogenated alkanes) is 1. The minimum atomic E-state index is -0.866. The van der Waals surface area contributed by atoms with Crippen molar-refractivity contribution in [1.82, 2.24) is 0 Å². The van der Waals surface area contributed by atoms with Crippen molar-refractivity contribution in [2.24, 2.45) is 0 Å². The number of carbonyl (C=O) groups is 3. The average Bonchev–Trinajstić information content (AvgIpc) is 2.65. The van der Waals surface area contributed by atoms with E-state index in [1.165, 1.54) is 18.2 Å². The highest BCUT2D eigenvalue weighted by Crippen LogP contribution is 2.24. The minimum Gasteiger partial charge on any atom is -0.462 e. The smallest absolute Gasteiger partial charge is 0.462 e. The van der Waals surface area contributed by atoms with Gasteiger partial charge in [-0.1, -0.05) is 27.2 Å². The number of hydrogen-bond acceptors (Lipinski definition) is 7. The number of rotatable bonds is 10. The number of nitrogens with one attached hydrogen (secondary N) is 1. The first-order chi connectivity index (χ1) is 13.0. The van der Waals surface area contributed by atoms with Crippen LogP contribution in [-0.2, 0) is 14.2 Å². The first-order valence-electron chi connectivity index (χ1n) is 9.11. The van der Waals surface area contributed by atoms with E-state index in [0.717, 1.165) is 12.8 Å². The molecule has 1 N–H and O–H groups in total. The number of ether oxygens (including phenoxy) is 4. The van der Waals surface area contributed by atoms with Crippen LogP contribution in [0.2, 0.25) is 0 Å². The van der Waals surface area contributed by atoms with E-state index in [4.69, 9.17) is 18.9 Å². The molecule has 8 heteroatoms. The van der Waals surface area contributed by atoms with Gasteiger partial charge in [-0.3, -0.25) is 5.32 Å². The fourth-order valence-corrected chi connectivity index (χ4v) is 1.91. The molecule has 0 saturated heterocycles. The Kier molecular flexibility index (Phi) is 10.4. The van der Waals surface area contributed by atoms with Gasteiger partial charge in [0.05, 0.1) is 31.1 Å². The van der Waals surface area contributed by atoms with Gasteiger partial charge in [0, 0.05) is 6.07 Å². The summed E-state index contributed by atoms with van der Waals surface area (Å²) in [4.78, 5) is 35.7. The van der Waals surface area contributed by atoms with E-state index >= 15 is 0 Å². The summed E-state index contributed by atoms with van der Waals surface area (Å²) < 4.78 is 20.0. The van der Waals surface area contributed by atoms with Gasteiger partial charge in [-0.25, -0.2) is 14.4 Å². The van der Waals surface area contributed by atoms with Gasteiger partial charge in [0.15, 0.2) is 0 Å². The van der Waals surface area contributed by atoms with Crippen LogP contribution in [0.5, 0.6) is 5.75 Å².